The Labute approximate surface area is 123 Å². The summed E-state index contributed by atoms with van der Waals surface area (Å²) in [6.07, 6.45) is 1.67. The summed E-state index contributed by atoms with van der Waals surface area (Å²) in [7, 11) is -3.36. The van der Waals surface area contributed by atoms with E-state index in [1.807, 2.05) is 0 Å². The number of nitrogens with zero attached hydrogens (tertiary/aromatic N) is 1. The summed E-state index contributed by atoms with van der Waals surface area (Å²) in [6.45, 7) is 4.83. The van der Waals surface area contributed by atoms with Gasteiger partial charge in [-0.25, -0.2) is 13.4 Å². The van der Waals surface area contributed by atoms with Gasteiger partial charge < -0.3 is 13.9 Å². The maximum Gasteiger partial charge on any atom is 0.263 e. The number of furan rings is 1. The minimum atomic E-state index is -3.36. The van der Waals surface area contributed by atoms with Gasteiger partial charge in [0.1, 0.15) is 5.76 Å². The van der Waals surface area contributed by atoms with E-state index in [0.717, 1.165) is 0 Å². The molecule has 2 rings (SSSR count). The molecule has 0 aliphatic carbocycles. The van der Waals surface area contributed by atoms with Gasteiger partial charge in [-0.3, -0.25) is 0 Å². The molecule has 0 spiro atoms. The second kappa shape index (κ2) is 5.65. The lowest BCUT2D eigenvalue weighted by atomic mass is 10.1. The van der Waals surface area contributed by atoms with Crippen molar-refractivity contribution in [3.8, 4) is 11.7 Å². The first-order chi connectivity index (χ1) is 9.66. The van der Waals surface area contributed by atoms with E-state index in [2.05, 4.69) is 4.98 Å². The van der Waals surface area contributed by atoms with Crippen molar-refractivity contribution >= 4 is 9.84 Å². The van der Waals surface area contributed by atoms with E-state index < -0.39 is 15.4 Å². The number of aryl methyl sites for hydroxylation is 1. The summed E-state index contributed by atoms with van der Waals surface area (Å²) in [4.78, 5) is 4.18. The van der Waals surface area contributed by atoms with Crippen molar-refractivity contribution in [1.82, 2.24) is 4.98 Å². The van der Waals surface area contributed by atoms with Gasteiger partial charge >= 0.3 is 0 Å². The van der Waals surface area contributed by atoms with Gasteiger partial charge in [-0.05, 0) is 39.3 Å². The third-order valence-corrected chi connectivity index (χ3v) is 4.55. The van der Waals surface area contributed by atoms with Gasteiger partial charge in [0.2, 0.25) is 0 Å². The highest BCUT2D eigenvalue weighted by atomic mass is 32.2. The van der Waals surface area contributed by atoms with Crippen molar-refractivity contribution in [3.05, 3.63) is 29.9 Å². The molecule has 0 saturated heterocycles. The molecule has 0 aromatic carbocycles. The van der Waals surface area contributed by atoms with Crippen LogP contribution in [0.2, 0.25) is 0 Å². The SMILES string of the molecule is Cc1oc(-c2ccco2)nc1CS(=O)(=O)CCC(C)(C)O. The summed E-state index contributed by atoms with van der Waals surface area (Å²) in [6, 6.07) is 3.40. The average molecular weight is 313 g/mol. The number of oxazole rings is 1. The number of hydrogen-bond donors (Lipinski definition) is 1. The number of rotatable bonds is 6. The number of sulfone groups is 1. The largest absolute Gasteiger partial charge is 0.459 e. The van der Waals surface area contributed by atoms with E-state index in [1.165, 1.54) is 6.26 Å². The minimum Gasteiger partial charge on any atom is -0.459 e. The summed E-state index contributed by atoms with van der Waals surface area (Å²) in [5.41, 5.74) is -0.636. The van der Waals surface area contributed by atoms with Gasteiger partial charge in [0.25, 0.3) is 5.89 Å². The van der Waals surface area contributed by atoms with Crippen LogP contribution in [0.4, 0.5) is 0 Å². The molecule has 1 N–H and O–H groups in total. The fourth-order valence-corrected chi connectivity index (χ4v) is 3.39. The third kappa shape index (κ3) is 4.44. The molecule has 2 aromatic heterocycles. The predicted octanol–water partition coefficient (Wildman–Crippen LogP) is 2.32. The molecule has 0 radical (unpaired) electrons. The molecule has 0 atom stereocenters. The Morgan fingerprint density at radius 2 is 2.10 bits per heavy atom. The highest BCUT2D eigenvalue weighted by Gasteiger charge is 2.23. The average Bonchev–Trinajstić information content (AvgIpc) is 2.96. The standard InChI is InChI=1S/C14H19NO5S/c1-10-11(9-21(17,18)8-6-14(2,3)16)15-13(20-10)12-5-4-7-19-12/h4-5,7,16H,6,8-9H2,1-3H3. The molecule has 2 heterocycles. The highest BCUT2D eigenvalue weighted by Crippen LogP contribution is 2.23. The first kappa shape index (κ1) is 15.8. The summed E-state index contributed by atoms with van der Waals surface area (Å²) in [5.74, 6) is 0.870. The summed E-state index contributed by atoms with van der Waals surface area (Å²) >= 11 is 0. The highest BCUT2D eigenvalue weighted by molar-refractivity contribution is 7.90. The minimum absolute atomic E-state index is 0.0983. The number of aromatic nitrogens is 1. The zero-order valence-electron chi connectivity index (χ0n) is 12.3. The van der Waals surface area contributed by atoms with Crippen LogP contribution in [0, 0.1) is 6.92 Å². The van der Waals surface area contributed by atoms with Crippen LogP contribution >= 0.6 is 0 Å². The zero-order valence-corrected chi connectivity index (χ0v) is 13.1. The molecule has 0 aliphatic rings. The Morgan fingerprint density at radius 1 is 1.38 bits per heavy atom. The molecule has 116 valence electrons. The van der Waals surface area contributed by atoms with Crippen molar-refractivity contribution in [2.24, 2.45) is 0 Å². The fourth-order valence-electron chi connectivity index (χ4n) is 1.75. The Morgan fingerprint density at radius 3 is 2.67 bits per heavy atom. The van der Waals surface area contributed by atoms with Gasteiger partial charge in [-0.1, -0.05) is 0 Å². The molecule has 0 saturated carbocycles. The second-order valence-corrected chi connectivity index (χ2v) is 7.84. The molecule has 0 fully saturated rings. The van der Waals surface area contributed by atoms with E-state index in [0.29, 0.717) is 17.2 Å². The lowest BCUT2D eigenvalue weighted by molar-refractivity contribution is 0.0772. The van der Waals surface area contributed by atoms with Crippen molar-refractivity contribution in [3.63, 3.8) is 0 Å². The van der Waals surface area contributed by atoms with Gasteiger partial charge in [-0.15, -0.1) is 0 Å². The molecular formula is C14H19NO5S. The predicted molar refractivity (Wildman–Crippen MR) is 77.3 cm³/mol. The smallest absolute Gasteiger partial charge is 0.263 e. The molecule has 0 unspecified atom stereocenters. The Balaban J connectivity index is 2.13. The van der Waals surface area contributed by atoms with Crippen LogP contribution in [0.3, 0.4) is 0 Å². The molecule has 2 aromatic rings. The molecule has 6 nitrogen and oxygen atoms in total. The zero-order chi connectivity index (χ0) is 15.7. The Kier molecular flexibility index (Phi) is 4.25. The van der Waals surface area contributed by atoms with E-state index in [-0.39, 0.29) is 23.8 Å². The van der Waals surface area contributed by atoms with Gasteiger partial charge in [-0.2, -0.15) is 0 Å². The van der Waals surface area contributed by atoms with Crippen LogP contribution in [-0.4, -0.2) is 29.9 Å². The van der Waals surface area contributed by atoms with Crippen LogP contribution in [0.15, 0.2) is 27.2 Å². The van der Waals surface area contributed by atoms with Crippen molar-refractivity contribution < 1.29 is 22.4 Å². The summed E-state index contributed by atoms with van der Waals surface area (Å²) in [5, 5.41) is 9.62. The fraction of sp³-hybridized carbons (Fsp3) is 0.500. The Hall–Kier alpha value is -1.60. The number of hydrogen-bond acceptors (Lipinski definition) is 6. The maximum absolute atomic E-state index is 12.1. The van der Waals surface area contributed by atoms with E-state index in [4.69, 9.17) is 8.83 Å². The van der Waals surface area contributed by atoms with Crippen molar-refractivity contribution in [2.45, 2.75) is 38.5 Å². The van der Waals surface area contributed by atoms with E-state index in [9.17, 15) is 13.5 Å². The molecule has 0 aliphatic heterocycles. The molecule has 0 bridgehead atoms. The first-order valence-electron chi connectivity index (χ1n) is 6.59. The van der Waals surface area contributed by atoms with Crippen LogP contribution in [0.1, 0.15) is 31.7 Å². The topological polar surface area (TPSA) is 93.5 Å². The van der Waals surface area contributed by atoms with Crippen LogP contribution in [-0.2, 0) is 15.6 Å². The third-order valence-electron chi connectivity index (χ3n) is 3.01. The second-order valence-electron chi connectivity index (χ2n) is 5.65. The van der Waals surface area contributed by atoms with E-state index >= 15 is 0 Å². The van der Waals surface area contributed by atoms with Gasteiger partial charge in [0, 0.05) is 0 Å². The first-order valence-corrected chi connectivity index (χ1v) is 8.41. The monoisotopic (exact) mass is 313 g/mol. The van der Waals surface area contributed by atoms with Crippen LogP contribution in [0.5, 0.6) is 0 Å². The van der Waals surface area contributed by atoms with Crippen molar-refractivity contribution in [2.75, 3.05) is 5.75 Å². The van der Waals surface area contributed by atoms with E-state index in [1.54, 1.807) is 32.9 Å². The normalized spacial score (nSPS) is 12.8. The lowest BCUT2D eigenvalue weighted by Crippen LogP contribution is -2.24. The quantitative estimate of drug-likeness (QED) is 0.879. The number of aliphatic hydroxyl groups is 1. The Bertz CT molecular complexity index is 692. The van der Waals surface area contributed by atoms with Gasteiger partial charge in [0.05, 0.1) is 29.1 Å². The molecule has 21 heavy (non-hydrogen) atoms. The molecule has 0 amide bonds. The lowest BCUT2D eigenvalue weighted by Gasteiger charge is -2.16. The van der Waals surface area contributed by atoms with Crippen LogP contribution < -0.4 is 0 Å². The molecular weight excluding hydrogens is 294 g/mol. The van der Waals surface area contributed by atoms with Gasteiger partial charge in [0.15, 0.2) is 15.6 Å². The van der Waals surface area contributed by atoms with Crippen molar-refractivity contribution in [1.29, 1.82) is 0 Å². The summed E-state index contributed by atoms with van der Waals surface area (Å²) < 4.78 is 34.8. The molecule has 7 heteroatoms. The maximum atomic E-state index is 12.1. The van der Waals surface area contributed by atoms with Crippen LogP contribution in [0.25, 0.3) is 11.7 Å².